The lowest BCUT2D eigenvalue weighted by Crippen LogP contribution is -1.93. The quantitative estimate of drug-likeness (QED) is 0.381. The van der Waals surface area contributed by atoms with E-state index in [0.717, 1.165) is 0 Å². The smallest absolute Gasteiger partial charge is 0.221 e. The molecule has 0 saturated carbocycles. The minimum Gasteiger partial charge on any atom is -0.273 e. The Labute approximate surface area is 35.9 Å². The second-order valence-corrected chi connectivity index (χ2v) is 2.13. The minimum absolute atomic E-state index is 1.35. The van der Waals surface area contributed by atoms with Gasteiger partial charge >= 0.3 is 0 Å². The van der Waals surface area contributed by atoms with Crippen LogP contribution in [-0.4, -0.2) is 0 Å². The van der Waals surface area contributed by atoms with Crippen LogP contribution in [0.2, 0.25) is 0 Å². The Bertz CT molecular complexity index is 23.6. The Morgan fingerprint density at radius 1 is 1.80 bits per heavy atom. The number of hydrogen-bond acceptors (Lipinski definition) is 3. The molecule has 0 aromatic heterocycles. The first-order chi connectivity index (χ1) is 2.27. The van der Waals surface area contributed by atoms with Crippen molar-refractivity contribution in [2.45, 2.75) is 0 Å². The summed E-state index contributed by atoms with van der Waals surface area (Å²) in [5.41, 5.74) is 4.77. The second-order valence-electron chi connectivity index (χ2n) is 0.377. The highest BCUT2D eigenvalue weighted by Gasteiger charge is 1.85. The monoisotopic (exact) mass is 114 g/mol. The van der Waals surface area contributed by atoms with E-state index in [1.807, 2.05) is 0 Å². The van der Waals surface area contributed by atoms with Gasteiger partial charge in [0, 0.05) is 0 Å². The molecule has 3 nitrogen and oxygen atoms in total. The lowest BCUT2D eigenvalue weighted by atomic mass is 13.6. The normalized spacial score (nSPS) is 15.0. The van der Waals surface area contributed by atoms with Crippen molar-refractivity contribution in [3.8, 4) is 0 Å². The number of halogens is 1. The van der Waals surface area contributed by atoms with E-state index in [2.05, 4.69) is 10.5 Å². The molecule has 0 aliphatic heterocycles. The van der Waals surface area contributed by atoms with E-state index in [-0.39, 0.29) is 0 Å². The molecule has 0 radical (unpaired) electrons. The van der Waals surface area contributed by atoms with Crippen molar-refractivity contribution >= 4 is 18.9 Å². The van der Waals surface area contributed by atoms with Crippen LogP contribution in [0, 0.1) is 0 Å². The predicted octanol–water partition coefficient (Wildman–Crippen LogP) is 0.301. The van der Waals surface area contributed by atoms with Gasteiger partial charge in [0.2, 0.25) is 7.65 Å². The molecule has 0 bridgehead atoms. The van der Waals surface area contributed by atoms with Gasteiger partial charge in [-0.05, 0) is 11.2 Å². The Morgan fingerprint density at radius 2 is 2.00 bits per heavy atom. The lowest BCUT2D eigenvalue weighted by Gasteiger charge is -1.89. The molecule has 4 N–H and O–H groups in total. The van der Waals surface area contributed by atoms with E-state index in [9.17, 15) is 0 Å². The van der Waals surface area contributed by atoms with Crippen LogP contribution in [0.3, 0.4) is 0 Å². The average molecular weight is 114 g/mol. The SMILES string of the molecule is NOP(N)Cl. The van der Waals surface area contributed by atoms with Gasteiger partial charge in [0.1, 0.15) is 0 Å². The molecule has 0 rings (SSSR count). The van der Waals surface area contributed by atoms with Crippen LogP contribution in [0.5, 0.6) is 0 Å². The molecular weight excluding hydrogens is 110 g/mol. The summed E-state index contributed by atoms with van der Waals surface area (Å²) in [6, 6.07) is 0. The Kier molecular flexibility index (Phi) is 3.16. The number of rotatable bonds is 1. The molecule has 0 spiro atoms. The van der Waals surface area contributed by atoms with Gasteiger partial charge in [-0.1, -0.05) is 0 Å². The fraction of sp³-hybridized carbons (Fsp3) is 0. The van der Waals surface area contributed by atoms with Gasteiger partial charge in [0.25, 0.3) is 0 Å². The molecule has 0 heterocycles. The average Bonchev–Trinajstić information content (AvgIpc) is 1.38. The van der Waals surface area contributed by atoms with Gasteiger partial charge in [-0.15, -0.1) is 0 Å². The topological polar surface area (TPSA) is 61.3 Å². The third kappa shape index (κ3) is 4.60. The molecule has 1 unspecified atom stereocenters. The fourth-order valence-electron chi connectivity index (χ4n) is 0. The molecule has 0 amide bonds. The third-order valence-electron chi connectivity index (χ3n) is 0.101. The molecule has 0 saturated heterocycles. The van der Waals surface area contributed by atoms with Crippen LogP contribution in [0.15, 0.2) is 0 Å². The first-order valence-electron chi connectivity index (χ1n) is 0.846. The van der Waals surface area contributed by atoms with E-state index in [4.69, 9.17) is 16.7 Å². The summed E-state index contributed by atoms with van der Waals surface area (Å²) in [5.74, 6) is 4.44. The molecule has 0 aromatic carbocycles. The molecular formula is H4ClN2OP. The summed E-state index contributed by atoms with van der Waals surface area (Å²) >= 11 is 4.96. The zero-order valence-corrected chi connectivity index (χ0v) is 4.04. The van der Waals surface area contributed by atoms with Crippen molar-refractivity contribution in [2.24, 2.45) is 11.4 Å². The van der Waals surface area contributed by atoms with Gasteiger partial charge in [-0.3, -0.25) is 5.50 Å². The van der Waals surface area contributed by atoms with Gasteiger partial charge < -0.3 is 0 Å². The summed E-state index contributed by atoms with van der Waals surface area (Å²) in [6.07, 6.45) is 0. The van der Waals surface area contributed by atoms with Gasteiger partial charge in [0.05, 0.1) is 0 Å². The van der Waals surface area contributed by atoms with E-state index in [1.165, 1.54) is 0 Å². The van der Waals surface area contributed by atoms with Gasteiger partial charge in [-0.25, -0.2) is 10.5 Å². The zero-order valence-electron chi connectivity index (χ0n) is 2.39. The van der Waals surface area contributed by atoms with Crippen molar-refractivity contribution in [2.75, 3.05) is 0 Å². The van der Waals surface area contributed by atoms with Gasteiger partial charge in [-0.2, -0.15) is 0 Å². The lowest BCUT2D eigenvalue weighted by molar-refractivity contribution is 0.382. The van der Waals surface area contributed by atoms with Crippen LogP contribution >= 0.6 is 18.9 Å². The molecule has 1 atom stereocenters. The highest BCUT2D eigenvalue weighted by molar-refractivity contribution is 7.78. The van der Waals surface area contributed by atoms with Crippen LogP contribution in [-0.2, 0) is 4.62 Å². The van der Waals surface area contributed by atoms with Crippen molar-refractivity contribution in [1.29, 1.82) is 0 Å². The van der Waals surface area contributed by atoms with Crippen molar-refractivity contribution in [1.82, 2.24) is 0 Å². The third-order valence-corrected chi connectivity index (χ3v) is 0.541. The summed E-state index contributed by atoms with van der Waals surface area (Å²) in [5, 5.41) is 0. The summed E-state index contributed by atoms with van der Waals surface area (Å²) in [6.45, 7) is 0. The van der Waals surface area contributed by atoms with E-state index in [0.29, 0.717) is 0 Å². The maximum absolute atomic E-state index is 4.96. The van der Waals surface area contributed by atoms with Gasteiger partial charge in [0.15, 0.2) is 0 Å². The number of hydrogen-bond donors (Lipinski definition) is 2. The molecule has 5 heavy (non-hydrogen) atoms. The van der Waals surface area contributed by atoms with Crippen LogP contribution in [0.4, 0.5) is 0 Å². The Balaban J connectivity index is 2.54. The first-order valence-corrected chi connectivity index (χ1v) is 3.08. The molecule has 32 valence electrons. The highest BCUT2D eigenvalue weighted by atomic mass is 35.7. The van der Waals surface area contributed by atoms with E-state index in [1.54, 1.807) is 0 Å². The summed E-state index contributed by atoms with van der Waals surface area (Å²) < 4.78 is 3.86. The Hall–Kier alpha value is 0.600. The largest absolute Gasteiger partial charge is 0.273 e. The summed E-state index contributed by atoms with van der Waals surface area (Å²) in [7, 11) is -1.35. The first kappa shape index (κ1) is 5.60. The Morgan fingerprint density at radius 3 is 2.00 bits per heavy atom. The van der Waals surface area contributed by atoms with E-state index >= 15 is 0 Å². The second kappa shape index (κ2) is 2.82. The maximum atomic E-state index is 4.96. The molecule has 0 fully saturated rings. The zero-order chi connectivity index (χ0) is 4.28. The number of nitrogens with two attached hydrogens (primary N) is 2. The molecule has 5 heteroatoms. The summed E-state index contributed by atoms with van der Waals surface area (Å²) in [4.78, 5) is 0. The standard InChI is InChI=1S/ClH4N2OP/c1-5(3)4-2/h2-3H2. The molecule has 0 aliphatic rings. The van der Waals surface area contributed by atoms with Crippen molar-refractivity contribution in [3.63, 3.8) is 0 Å². The fourth-order valence-corrected chi connectivity index (χ4v) is 0. The molecule has 0 aliphatic carbocycles. The van der Waals surface area contributed by atoms with Crippen molar-refractivity contribution < 1.29 is 4.62 Å². The highest BCUT2D eigenvalue weighted by Crippen LogP contribution is 2.28. The predicted molar refractivity (Wildman–Crippen MR) is 22.2 cm³/mol. The molecule has 0 aromatic rings. The van der Waals surface area contributed by atoms with Crippen molar-refractivity contribution in [3.05, 3.63) is 0 Å². The van der Waals surface area contributed by atoms with Crippen LogP contribution in [0.1, 0.15) is 0 Å². The van der Waals surface area contributed by atoms with E-state index < -0.39 is 7.65 Å². The van der Waals surface area contributed by atoms with Crippen LogP contribution < -0.4 is 11.4 Å². The maximum Gasteiger partial charge on any atom is 0.221 e. The minimum atomic E-state index is -1.35. The van der Waals surface area contributed by atoms with Crippen LogP contribution in [0.25, 0.3) is 0 Å².